The highest BCUT2D eigenvalue weighted by atomic mass is 16.6. The van der Waals surface area contributed by atoms with E-state index in [4.69, 9.17) is 18.9 Å². The van der Waals surface area contributed by atoms with Crippen LogP contribution in [-0.2, 0) is 9.47 Å². The third-order valence-electron chi connectivity index (χ3n) is 5.03. The number of carbonyl (C=O) groups is 1. The Morgan fingerprint density at radius 1 is 1.25 bits per heavy atom. The highest BCUT2D eigenvalue weighted by molar-refractivity contribution is 5.95. The Hall–Kier alpha value is -2.07. The first-order valence-corrected chi connectivity index (χ1v) is 9.20. The van der Waals surface area contributed by atoms with Gasteiger partial charge in [-0.3, -0.25) is 0 Å². The van der Waals surface area contributed by atoms with Crippen molar-refractivity contribution in [2.24, 2.45) is 5.92 Å². The summed E-state index contributed by atoms with van der Waals surface area (Å²) in [6, 6.07) is 1.40. The maximum atomic E-state index is 12.5. The van der Waals surface area contributed by atoms with Crippen molar-refractivity contribution in [3.8, 4) is 17.2 Å². The van der Waals surface area contributed by atoms with E-state index in [0.717, 1.165) is 6.42 Å². The van der Waals surface area contributed by atoms with Crippen LogP contribution in [0.2, 0.25) is 0 Å². The monoisotopic (exact) mass is 398 g/mol. The van der Waals surface area contributed by atoms with E-state index in [9.17, 15) is 25.2 Å². The van der Waals surface area contributed by atoms with Crippen LogP contribution in [0.25, 0.3) is 0 Å². The first-order chi connectivity index (χ1) is 13.3. The Kier molecular flexibility index (Phi) is 5.99. The van der Waals surface area contributed by atoms with E-state index < -0.39 is 43.1 Å². The number of rotatable bonds is 6. The quantitative estimate of drug-likeness (QED) is 0.506. The second-order valence-corrected chi connectivity index (χ2v) is 7.38. The third kappa shape index (κ3) is 3.50. The number of carbonyl (C=O) groups excluding carboxylic acids is 1. The van der Waals surface area contributed by atoms with E-state index >= 15 is 0 Å². The van der Waals surface area contributed by atoms with Crippen molar-refractivity contribution in [2.75, 3.05) is 20.3 Å². The molecule has 0 radical (unpaired) electrons. The van der Waals surface area contributed by atoms with Crippen LogP contribution in [0, 0.1) is 5.92 Å². The van der Waals surface area contributed by atoms with E-state index in [0.29, 0.717) is 12.5 Å². The van der Waals surface area contributed by atoms with Gasteiger partial charge in [0.1, 0.15) is 24.4 Å². The number of benzene rings is 1. The van der Waals surface area contributed by atoms with Gasteiger partial charge in [-0.15, -0.1) is 0 Å². The number of hydrogen-bond acceptors (Lipinski definition) is 9. The Bertz CT molecular complexity index is 733. The van der Waals surface area contributed by atoms with Gasteiger partial charge in [0, 0.05) is 5.56 Å². The van der Waals surface area contributed by atoms with Gasteiger partial charge in [-0.2, -0.15) is 0 Å². The number of methoxy groups -OCH3 is 1. The van der Waals surface area contributed by atoms with Gasteiger partial charge in [-0.05, 0) is 18.4 Å². The lowest BCUT2D eigenvalue weighted by molar-refractivity contribution is -0.235. The highest BCUT2D eigenvalue weighted by Crippen LogP contribution is 2.50. The van der Waals surface area contributed by atoms with Gasteiger partial charge in [0.2, 0.25) is 5.75 Å². The number of phenolic OH excluding ortho intramolecular Hbond substituents is 1. The summed E-state index contributed by atoms with van der Waals surface area (Å²) in [5.41, 5.74) is 0.0816. The van der Waals surface area contributed by atoms with Crippen LogP contribution in [0.15, 0.2) is 6.07 Å². The maximum absolute atomic E-state index is 12.5. The summed E-state index contributed by atoms with van der Waals surface area (Å²) in [6.45, 7) is 3.89. The van der Waals surface area contributed by atoms with Gasteiger partial charge in [-0.25, -0.2) is 4.79 Å². The van der Waals surface area contributed by atoms with Gasteiger partial charge in [0.25, 0.3) is 0 Å². The fraction of sp³-hybridized carbons (Fsp3) is 0.632. The number of ether oxygens (including phenoxy) is 4. The number of aliphatic hydroxyl groups excluding tert-OH is 3. The van der Waals surface area contributed by atoms with Crippen LogP contribution in [0.1, 0.15) is 42.3 Å². The molecule has 2 aliphatic heterocycles. The molecule has 1 aromatic carbocycles. The normalized spacial score (nSPS) is 29.1. The van der Waals surface area contributed by atoms with Crippen LogP contribution in [0.4, 0.5) is 0 Å². The van der Waals surface area contributed by atoms with E-state index in [2.05, 4.69) is 0 Å². The fourth-order valence-corrected chi connectivity index (χ4v) is 3.45. The largest absolute Gasteiger partial charge is 0.504 e. The van der Waals surface area contributed by atoms with Gasteiger partial charge in [0.15, 0.2) is 17.6 Å². The first kappa shape index (κ1) is 20.7. The molecule has 4 N–H and O–H groups in total. The Balaban J connectivity index is 2.03. The number of aliphatic hydroxyl groups is 3. The Labute approximate surface area is 162 Å². The highest BCUT2D eigenvalue weighted by Gasteiger charge is 2.52. The molecule has 0 saturated carbocycles. The summed E-state index contributed by atoms with van der Waals surface area (Å²) in [5, 5.41) is 40.5. The molecule has 9 nitrogen and oxygen atoms in total. The molecule has 156 valence electrons. The molecule has 1 saturated heterocycles. The van der Waals surface area contributed by atoms with Gasteiger partial charge >= 0.3 is 5.97 Å². The zero-order valence-electron chi connectivity index (χ0n) is 16.0. The van der Waals surface area contributed by atoms with Crippen molar-refractivity contribution in [1.29, 1.82) is 0 Å². The van der Waals surface area contributed by atoms with Crippen LogP contribution in [0.5, 0.6) is 17.2 Å². The molecular weight excluding hydrogens is 372 g/mol. The maximum Gasteiger partial charge on any atom is 0.339 e. The number of aromatic hydroxyl groups is 1. The molecule has 2 heterocycles. The molecule has 2 aliphatic rings. The summed E-state index contributed by atoms with van der Waals surface area (Å²) in [7, 11) is 1.35. The molecule has 3 rings (SSSR count). The molecule has 0 unspecified atom stereocenters. The second-order valence-electron chi connectivity index (χ2n) is 7.38. The Morgan fingerprint density at radius 3 is 2.57 bits per heavy atom. The first-order valence-electron chi connectivity index (χ1n) is 9.20. The van der Waals surface area contributed by atoms with Crippen molar-refractivity contribution < 1.29 is 44.2 Å². The number of hydrogen-bond donors (Lipinski definition) is 4. The SMILES string of the molecule is COc1c(OCCC(C)C)cc2c(c1O)[C@@H]1O[C@H](CO)[C@@H](O)[C@H](O)[C@H]1OC2=O. The smallest absolute Gasteiger partial charge is 0.339 e. The van der Waals surface area contributed by atoms with E-state index in [1.54, 1.807) is 0 Å². The molecule has 0 aromatic heterocycles. The van der Waals surface area contributed by atoms with Gasteiger partial charge in [0.05, 0.1) is 25.9 Å². The predicted octanol–water partition coefficient (Wildman–Crippen LogP) is 0.519. The van der Waals surface area contributed by atoms with Crippen molar-refractivity contribution >= 4 is 5.97 Å². The van der Waals surface area contributed by atoms with Crippen molar-refractivity contribution in [1.82, 2.24) is 0 Å². The van der Waals surface area contributed by atoms with Gasteiger partial charge < -0.3 is 39.4 Å². The third-order valence-corrected chi connectivity index (χ3v) is 5.03. The lowest BCUT2D eigenvalue weighted by Gasteiger charge is -2.44. The van der Waals surface area contributed by atoms with Crippen molar-refractivity contribution in [3.63, 3.8) is 0 Å². The topological polar surface area (TPSA) is 135 Å². The molecular formula is C19H26O9. The second kappa shape index (κ2) is 8.12. The van der Waals surface area contributed by atoms with Crippen molar-refractivity contribution in [2.45, 2.75) is 50.8 Å². The van der Waals surface area contributed by atoms with Gasteiger partial charge in [-0.1, -0.05) is 13.8 Å². The minimum atomic E-state index is -1.49. The molecule has 0 spiro atoms. The predicted molar refractivity (Wildman–Crippen MR) is 95.5 cm³/mol. The summed E-state index contributed by atoms with van der Waals surface area (Å²) in [4.78, 5) is 12.5. The molecule has 0 bridgehead atoms. The summed E-state index contributed by atoms with van der Waals surface area (Å²) >= 11 is 0. The van der Waals surface area contributed by atoms with E-state index in [1.807, 2.05) is 13.8 Å². The standard InChI is InChI=1S/C19H26O9/c1-8(2)4-5-26-10-6-9-12(14(22)16(10)25-3)17-18(28-19(9)24)15(23)13(21)11(7-20)27-17/h6,8,11,13,15,17-18,20-23H,4-5,7H2,1-3H3/t11-,13-,15+,17+,18-/m1/s1. The molecule has 0 amide bonds. The minimum absolute atomic E-state index is 0.0133. The molecule has 9 heteroatoms. The zero-order valence-corrected chi connectivity index (χ0v) is 16.0. The molecule has 5 atom stereocenters. The van der Waals surface area contributed by atoms with E-state index in [1.165, 1.54) is 13.2 Å². The lowest BCUT2D eigenvalue weighted by Crippen LogP contribution is -2.58. The number of phenols is 1. The van der Waals surface area contributed by atoms with Crippen molar-refractivity contribution in [3.05, 3.63) is 17.2 Å². The van der Waals surface area contributed by atoms with Crippen LogP contribution in [-0.4, -0.2) is 71.1 Å². The molecule has 0 aliphatic carbocycles. The summed E-state index contributed by atoms with van der Waals surface area (Å²) in [5.74, 6) is -0.542. The minimum Gasteiger partial charge on any atom is -0.504 e. The summed E-state index contributed by atoms with van der Waals surface area (Å²) < 4.78 is 21.9. The lowest BCUT2D eigenvalue weighted by atomic mass is 9.86. The zero-order chi connectivity index (χ0) is 20.6. The number of fused-ring (bicyclic) bond motifs is 3. The number of esters is 1. The molecule has 1 fully saturated rings. The molecule has 28 heavy (non-hydrogen) atoms. The average molecular weight is 398 g/mol. The summed E-state index contributed by atoms with van der Waals surface area (Å²) in [6.07, 6.45) is -5.58. The van der Waals surface area contributed by atoms with Crippen LogP contribution in [0.3, 0.4) is 0 Å². The van der Waals surface area contributed by atoms with Crippen LogP contribution >= 0.6 is 0 Å². The van der Waals surface area contributed by atoms with E-state index in [-0.39, 0.29) is 28.4 Å². The van der Waals surface area contributed by atoms with Crippen LogP contribution < -0.4 is 9.47 Å². The Morgan fingerprint density at radius 2 is 1.96 bits per heavy atom. The molecule has 1 aromatic rings. The fourth-order valence-electron chi connectivity index (χ4n) is 3.45. The average Bonchev–Trinajstić information content (AvgIpc) is 2.65.